The summed E-state index contributed by atoms with van der Waals surface area (Å²) in [4.78, 5) is 0. The van der Waals surface area contributed by atoms with Crippen molar-refractivity contribution in [2.45, 2.75) is 119 Å². The van der Waals surface area contributed by atoms with Crippen molar-refractivity contribution in [2.75, 3.05) is 0 Å². The number of rotatable bonds is 5. The molecule has 0 heterocycles. The molecular weight excluding hydrogens is 364 g/mol. The van der Waals surface area contributed by atoms with Gasteiger partial charge in [-0.25, -0.2) is 0 Å². The van der Waals surface area contributed by atoms with Crippen LogP contribution in [0.3, 0.4) is 0 Å². The highest BCUT2D eigenvalue weighted by molar-refractivity contribution is 5.32. The van der Waals surface area contributed by atoms with Crippen LogP contribution >= 0.6 is 0 Å². The lowest BCUT2D eigenvalue weighted by Gasteiger charge is -2.62. The van der Waals surface area contributed by atoms with Crippen LogP contribution in [0, 0.1) is 51.8 Å². The molecule has 1 N–H and O–H groups in total. The van der Waals surface area contributed by atoms with Crippen LogP contribution in [0.4, 0.5) is 0 Å². The lowest BCUT2D eigenvalue weighted by Crippen LogP contribution is -2.55. The van der Waals surface area contributed by atoms with Crippen LogP contribution in [0.1, 0.15) is 113 Å². The van der Waals surface area contributed by atoms with E-state index in [4.69, 9.17) is 0 Å². The lowest BCUT2D eigenvalue weighted by atomic mass is 9.43. The first-order valence-electron chi connectivity index (χ1n) is 13.4. The molecule has 4 aliphatic rings. The maximum atomic E-state index is 10.6. The Balaban J connectivity index is 1.59. The first-order chi connectivity index (χ1) is 14.0. The van der Waals surface area contributed by atoms with Crippen molar-refractivity contribution >= 4 is 0 Å². The van der Waals surface area contributed by atoms with E-state index in [1.807, 2.05) is 5.57 Å². The van der Waals surface area contributed by atoms with Crippen molar-refractivity contribution in [1.82, 2.24) is 0 Å². The molecule has 0 amide bonds. The second-order valence-corrected chi connectivity index (χ2v) is 13.3. The minimum absolute atomic E-state index is 0.0767. The van der Waals surface area contributed by atoms with Crippen LogP contribution in [-0.4, -0.2) is 11.2 Å². The molecular formula is C29H50O. The molecule has 3 fully saturated rings. The van der Waals surface area contributed by atoms with Crippen LogP contribution < -0.4 is 0 Å². The van der Waals surface area contributed by atoms with Crippen molar-refractivity contribution in [2.24, 2.45) is 51.8 Å². The van der Waals surface area contributed by atoms with Crippen LogP contribution in [0.25, 0.3) is 0 Å². The van der Waals surface area contributed by atoms with E-state index in [1.165, 1.54) is 57.8 Å². The standard InChI is InChI=1S/C29H50O/c1-19(2)9-8-10-20(3)22-13-17-29(7)25-12-11-23-21(4)26(30)15-16-27(23,5)24(25)14-18-28(22,29)6/h14,19-23,25-26,30H,8-13,15-18H2,1-7H3/t20-,21+,22-,23+,25-,26+,27+,28-,29+/m1/s1. The fourth-order valence-electron chi connectivity index (χ4n) is 9.34. The van der Waals surface area contributed by atoms with Crippen LogP contribution in [-0.2, 0) is 0 Å². The summed E-state index contributed by atoms with van der Waals surface area (Å²) in [5.41, 5.74) is 3.11. The number of fused-ring (bicyclic) bond motifs is 5. The molecule has 0 aromatic heterocycles. The predicted octanol–water partition coefficient (Wildman–Crippen LogP) is 8.02. The van der Waals surface area contributed by atoms with E-state index < -0.39 is 0 Å². The smallest absolute Gasteiger partial charge is 0.0569 e. The fourth-order valence-corrected chi connectivity index (χ4v) is 9.34. The largest absolute Gasteiger partial charge is 0.393 e. The Morgan fingerprint density at radius 3 is 2.40 bits per heavy atom. The van der Waals surface area contributed by atoms with Gasteiger partial charge in [-0.2, -0.15) is 0 Å². The summed E-state index contributed by atoms with van der Waals surface area (Å²) in [5, 5.41) is 10.6. The van der Waals surface area contributed by atoms with Gasteiger partial charge in [-0.15, -0.1) is 0 Å². The highest BCUT2D eigenvalue weighted by Crippen LogP contribution is 2.72. The normalized spacial score (nSPS) is 49.2. The van der Waals surface area contributed by atoms with Gasteiger partial charge in [0.2, 0.25) is 0 Å². The van der Waals surface area contributed by atoms with Gasteiger partial charge in [0.05, 0.1) is 6.10 Å². The third-order valence-electron chi connectivity index (χ3n) is 11.6. The van der Waals surface area contributed by atoms with Gasteiger partial charge in [-0.1, -0.05) is 79.4 Å². The molecule has 0 aromatic rings. The molecule has 0 aliphatic heterocycles. The monoisotopic (exact) mass is 414 g/mol. The zero-order chi connectivity index (χ0) is 21.9. The molecule has 4 aliphatic carbocycles. The summed E-state index contributed by atoms with van der Waals surface area (Å²) in [6.07, 6.45) is 16.0. The molecule has 0 radical (unpaired) electrons. The number of aliphatic hydroxyl groups is 1. The highest BCUT2D eigenvalue weighted by atomic mass is 16.3. The molecule has 4 rings (SSSR count). The zero-order valence-corrected chi connectivity index (χ0v) is 21.1. The third kappa shape index (κ3) is 3.27. The van der Waals surface area contributed by atoms with Gasteiger partial charge in [0.1, 0.15) is 0 Å². The Morgan fingerprint density at radius 1 is 0.967 bits per heavy atom. The highest BCUT2D eigenvalue weighted by Gasteiger charge is 2.63. The summed E-state index contributed by atoms with van der Waals surface area (Å²) in [6, 6.07) is 0. The summed E-state index contributed by atoms with van der Waals surface area (Å²) in [7, 11) is 0. The first kappa shape index (κ1) is 22.9. The predicted molar refractivity (Wildman–Crippen MR) is 128 cm³/mol. The summed E-state index contributed by atoms with van der Waals surface area (Å²) < 4.78 is 0. The molecule has 0 aromatic carbocycles. The van der Waals surface area contributed by atoms with Crippen LogP contribution in [0.2, 0.25) is 0 Å². The Bertz CT molecular complexity index is 663. The molecule has 0 saturated heterocycles. The van der Waals surface area contributed by atoms with Crippen LogP contribution in [0.5, 0.6) is 0 Å². The molecule has 9 atom stereocenters. The van der Waals surface area contributed by atoms with Gasteiger partial charge in [-0.05, 0) is 96.7 Å². The molecule has 0 unspecified atom stereocenters. The molecule has 1 heteroatoms. The van der Waals surface area contributed by atoms with E-state index in [1.54, 1.807) is 0 Å². The number of aliphatic hydroxyl groups excluding tert-OH is 1. The first-order valence-corrected chi connectivity index (χ1v) is 13.4. The maximum absolute atomic E-state index is 10.6. The summed E-state index contributed by atoms with van der Waals surface area (Å²) in [5.74, 6) is 4.53. The molecule has 3 saturated carbocycles. The van der Waals surface area contributed by atoms with Gasteiger partial charge < -0.3 is 5.11 Å². The van der Waals surface area contributed by atoms with E-state index in [0.717, 1.165) is 30.1 Å². The Labute approximate surface area is 187 Å². The third-order valence-corrected chi connectivity index (χ3v) is 11.6. The fraction of sp³-hybridized carbons (Fsp3) is 0.931. The second kappa shape index (κ2) is 7.93. The summed E-state index contributed by atoms with van der Waals surface area (Å²) in [6.45, 7) is 17.6. The van der Waals surface area contributed by atoms with Crippen molar-refractivity contribution in [3.63, 3.8) is 0 Å². The Morgan fingerprint density at radius 2 is 1.70 bits per heavy atom. The minimum Gasteiger partial charge on any atom is -0.393 e. The molecule has 172 valence electrons. The van der Waals surface area contributed by atoms with E-state index in [2.05, 4.69) is 54.5 Å². The number of hydrogen-bond donors (Lipinski definition) is 1. The SMILES string of the molecule is CC(C)CCC[C@@H](C)[C@H]1CC[C@@]2(C)[C@@H]3CC[C@H]4[C@H](C)[C@@H](O)CC[C@]4(C)C3=CC[C@]12C. The second-order valence-electron chi connectivity index (χ2n) is 13.3. The molecule has 0 spiro atoms. The van der Waals surface area contributed by atoms with E-state index in [-0.39, 0.29) is 6.10 Å². The quantitative estimate of drug-likeness (QED) is 0.451. The Kier molecular flexibility index (Phi) is 6.05. The van der Waals surface area contributed by atoms with Crippen molar-refractivity contribution in [1.29, 1.82) is 0 Å². The number of hydrogen-bond acceptors (Lipinski definition) is 1. The zero-order valence-electron chi connectivity index (χ0n) is 21.1. The van der Waals surface area contributed by atoms with Gasteiger partial charge in [0, 0.05) is 0 Å². The van der Waals surface area contributed by atoms with E-state index >= 15 is 0 Å². The molecule has 30 heavy (non-hydrogen) atoms. The van der Waals surface area contributed by atoms with Crippen LogP contribution in [0.15, 0.2) is 11.6 Å². The lowest BCUT2D eigenvalue weighted by molar-refractivity contribution is -0.0780. The van der Waals surface area contributed by atoms with E-state index in [9.17, 15) is 5.11 Å². The van der Waals surface area contributed by atoms with Crippen molar-refractivity contribution in [3.05, 3.63) is 11.6 Å². The van der Waals surface area contributed by atoms with E-state index in [0.29, 0.717) is 28.1 Å². The van der Waals surface area contributed by atoms with Crippen molar-refractivity contribution in [3.8, 4) is 0 Å². The average molecular weight is 415 g/mol. The van der Waals surface area contributed by atoms with Gasteiger partial charge >= 0.3 is 0 Å². The van der Waals surface area contributed by atoms with Gasteiger partial charge in [0.15, 0.2) is 0 Å². The topological polar surface area (TPSA) is 20.2 Å². The minimum atomic E-state index is -0.0767. The van der Waals surface area contributed by atoms with Gasteiger partial charge in [0.25, 0.3) is 0 Å². The summed E-state index contributed by atoms with van der Waals surface area (Å²) >= 11 is 0. The Hall–Kier alpha value is -0.300. The van der Waals surface area contributed by atoms with Crippen molar-refractivity contribution < 1.29 is 5.11 Å². The molecule has 1 nitrogen and oxygen atoms in total. The number of allylic oxidation sites excluding steroid dienone is 2. The maximum Gasteiger partial charge on any atom is 0.0569 e. The molecule has 0 bridgehead atoms. The average Bonchev–Trinajstić information content (AvgIpc) is 2.96. The van der Waals surface area contributed by atoms with Gasteiger partial charge in [-0.3, -0.25) is 0 Å².